The largest absolute Gasteiger partial charge is 0.488 e. The standard InChI is InChI=1S/C25H26N2O2/c1-3-17-27-24(28)20-13-7-9-15-22(20)26-25(27,2)21-14-8-10-16-23(21)29-18-19-11-5-4-6-12-19/h4-16,26H,3,17-18H2,1-2H3. The highest BCUT2D eigenvalue weighted by molar-refractivity contribution is 6.02. The fraction of sp³-hybridized carbons (Fsp3) is 0.240. The maximum atomic E-state index is 13.3. The van der Waals surface area contributed by atoms with Crippen LogP contribution in [0, 0.1) is 0 Å². The van der Waals surface area contributed by atoms with Crippen LogP contribution in [0.3, 0.4) is 0 Å². The van der Waals surface area contributed by atoms with Gasteiger partial charge in [0.1, 0.15) is 18.0 Å². The third-order valence-corrected chi connectivity index (χ3v) is 5.42. The van der Waals surface area contributed by atoms with Crippen LogP contribution in [0.1, 0.15) is 41.8 Å². The number of hydrogen-bond donors (Lipinski definition) is 1. The molecule has 1 aliphatic heterocycles. The normalized spacial score (nSPS) is 18.1. The average molecular weight is 386 g/mol. The van der Waals surface area contributed by atoms with Crippen LogP contribution >= 0.6 is 0 Å². The van der Waals surface area contributed by atoms with Crippen LogP contribution in [0.15, 0.2) is 78.9 Å². The molecular formula is C25H26N2O2. The van der Waals surface area contributed by atoms with E-state index in [-0.39, 0.29) is 5.91 Å². The number of nitrogens with zero attached hydrogens (tertiary/aromatic N) is 1. The second kappa shape index (κ2) is 8.00. The Morgan fingerprint density at radius 3 is 2.41 bits per heavy atom. The maximum absolute atomic E-state index is 13.3. The van der Waals surface area contributed by atoms with Crippen LogP contribution in [0.4, 0.5) is 5.69 Å². The molecule has 0 fully saturated rings. The topological polar surface area (TPSA) is 41.6 Å². The summed E-state index contributed by atoms with van der Waals surface area (Å²) in [5.74, 6) is 0.821. The lowest BCUT2D eigenvalue weighted by Crippen LogP contribution is -2.56. The number of carbonyl (C=O) groups excluding carboxylic acids is 1. The molecule has 0 aliphatic carbocycles. The molecule has 4 nitrogen and oxygen atoms in total. The van der Waals surface area contributed by atoms with Gasteiger partial charge in [-0.25, -0.2) is 0 Å². The molecule has 3 aromatic rings. The van der Waals surface area contributed by atoms with Crippen molar-refractivity contribution in [1.82, 2.24) is 4.90 Å². The molecule has 148 valence electrons. The average Bonchev–Trinajstić information content (AvgIpc) is 2.76. The smallest absolute Gasteiger partial charge is 0.258 e. The van der Waals surface area contributed by atoms with Gasteiger partial charge in [0.25, 0.3) is 5.91 Å². The van der Waals surface area contributed by atoms with Gasteiger partial charge < -0.3 is 15.0 Å². The Morgan fingerprint density at radius 2 is 1.62 bits per heavy atom. The molecule has 0 aromatic heterocycles. The molecule has 1 atom stereocenters. The van der Waals surface area contributed by atoms with Crippen LogP contribution in [0.25, 0.3) is 0 Å². The Kier molecular flexibility index (Phi) is 5.26. The number of nitrogens with one attached hydrogen (secondary N) is 1. The molecule has 1 amide bonds. The molecule has 0 spiro atoms. The van der Waals surface area contributed by atoms with Gasteiger partial charge in [-0.15, -0.1) is 0 Å². The summed E-state index contributed by atoms with van der Waals surface area (Å²) in [6, 6.07) is 25.8. The summed E-state index contributed by atoms with van der Waals surface area (Å²) in [5, 5.41) is 3.62. The van der Waals surface area contributed by atoms with Crippen LogP contribution in [0.5, 0.6) is 5.75 Å². The number of amides is 1. The van der Waals surface area contributed by atoms with Crippen molar-refractivity contribution in [2.45, 2.75) is 32.5 Å². The molecule has 0 saturated carbocycles. The summed E-state index contributed by atoms with van der Waals surface area (Å²) in [6.45, 7) is 5.28. The highest BCUT2D eigenvalue weighted by atomic mass is 16.5. The van der Waals surface area contributed by atoms with Gasteiger partial charge in [0.05, 0.1) is 5.56 Å². The highest BCUT2D eigenvalue weighted by Gasteiger charge is 2.43. The lowest BCUT2D eigenvalue weighted by Gasteiger charge is -2.47. The van der Waals surface area contributed by atoms with Crippen LogP contribution in [-0.4, -0.2) is 17.4 Å². The number of carbonyl (C=O) groups is 1. The van der Waals surface area contributed by atoms with E-state index in [1.165, 1.54) is 0 Å². The number of fused-ring (bicyclic) bond motifs is 1. The molecule has 0 radical (unpaired) electrons. The van der Waals surface area contributed by atoms with Gasteiger partial charge in [-0.2, -0.15) is 0 Å². The minimum atomic E-state index is -0.700. The lowest BCUT2D eigenvalue weighted by molar-refractivity contribution is 0.0529. The Labute approximate surface area is 172 Å². The first-order valence-electron chi connectivity index (χ1n) is 10.1. The quantitative estimate of drug-likeness (QED) is 0.615. The summed E-state index contributed by atoms with van der Waals surface area (Å²) in [6.07, 6.45) is 0.873. The Hall–Kier alpha value is -3.27. The first kappa shape index (κ1) is 19.1. The summed E-state index contributed by atoms with van der Waals surface area (Å²) >= 11 is 0. The Balaban J connectivity index is 1.73. The van der Waals surface area contributed by atoms with E-state index in [9.17, 15) is 4.79 Å². The second-order valence-electron chi connectivity index (χ2n) is 7.47. The molecule has 4 rings (SSSR count). The zero-order valence-electron chi connectivity index (χ0n) is 16.9. The van der Waals surface area contributed by atoms with E-state index in [2.05, 4.69) is 19.2 Å². The Bertz CT molecular complexity index is 1000. The predicted molar refractivity (Wildman–Crippen MR) is 116 cm³/mol. The van der Waals surface area contributed by atoms with E-state index in [0.717, 1.165) is 29.0 Å². The van der Waals surface area contributed by atoms with E-state index < -0.39 is 5.66 Å². The number of anilines is 1. The van der Waals surface area contributed by atoms with Crippen molar-refractivity contribution in [2.75, 3.05) is 11.9 Å². The summed E-state index contributed by atoms with van der Waals surface area (Å²) in [4.78, 5) is 15.2. The molecule has 1 unspecified atom stereocenters. The van der Waals surface area contributed by atoms with E-state index >= 15 is 0 Å². The van der Waals surface area contributed by atoms with Crippen molar-refractivity contribution in [2.24, 2.45) is 0 Å². The fourth-order valence-corrected chi connectivity index (χ4v) is 3.95. The first-order chi connectivity index (χ1) is 14.1. The number of benzene rings is 3. The van der Waals surface area contributed by atoms with Gasteiger partial charge in [-0.1, -0.05) is 67.6 Å². The maximum Gasteiger partial charge on any atom is 0.258 e. The summed E-state index contributed by atoms with van der Waals surface area (Å²) in [5.41, 5.74) is 2.92. The zero-order valence-corrected chi connectivity index (χ0v) is 16.9. The molecule has 1 heterocycles. The summed E-state index contributed by atoms with van der Waals surface area (Å²) in [7, 11) is 0. The third-order valence-electron chi connectivity index (χ3n) is 5.42. The second-order valence-corrected chi connectivity index (χ2v) is 7.47. The lowest BCUT2D eigenvalue weighted by atomic mass is 9.92. The monoisotopic (exact) mass is 386 g/mol. The van der Waals surface area contributed by atoms with E-state index in [0.29, 0.717) is 18.7 Å². The molecule has 0 bridgehead atoms. The van der Waals surface area contributed by atoms with E-state index in [4.69, 9.17) is 4.74 Å². The SMILES string of the molecule is CCCN1C(=O)c2ccccc2NC1(C)c1ccccc1OCc1ccccc1. The number of para-hydroxylation sites is 2. The molecule has 4 heteroatoms. The molecule has 3 aromatic carbocycles. The number of rotatable bonds is 6. The molecule has 1 aliphatic rings. The van der Waals surface area contributed by atoms with E-state index in [1.54, 1.807) is 0 Å². The number of ether oxygens (including phenoxy) is 1. The van der Waals surface area contributed by atoms with Crippen molar-refractivity contribution in [3.05, 3.63) is 95.6 Å². The van der Waals surface area contributed by atoms with Crippen LogP contribution in [-0.2, 0) is 12.3 Å². The molecular weight excluding hydrogens is 360 g/mol. The van der Waals surface area contributed by atoms with Gasteiger partial charge in [-0.3, -0.25) is 4.79 Å². The highest BCUT2D eigenvalue weighted by Crippen LogP contribution is 2.41. The van der Waals surface area contributed by atoms with Crippen molar-refractivity contribution < 1.29 is 9.53 Å². The van der Waals surface area contributed by atoms with Crippen LogP contribution < -0.4 is 10.1 Å². The third kappa shape index (κ3) is 3.58. The first-order valence-corrected chi connectivity index (χ1v) is 10.1. The van der Waals surface area contributed by atoms with Gasteiger partial charge in [0.15, 0.2) is 0 Å². The zero-order chi connectivity index (χ0) is 20.3. The van der Waals surface area contributed by atoms with Gasteiger partial charge in [0.2, 0.25) is 0 Å². The summed E-state index contributed by atoms with van der Waals surface area (Å²) < 4.78 is 6.21. The van der Waals surface area contributed by atoms with Crippen molar-refractivity contribution in [3.8, 4) is 5.75 Å². The molecule has 29 heavy (non-hydrogen) atoms. The van der Waals surface area contributed by atoms with Crippen molar-refractivity contribution in [3.63, 3.8) is 0 Å². The minimum Gasteiger partial charge on any atom is -0.488 e. The van der Waals surface area contributed by atoms with Crippen molar-refractivity contribution in [1.29, 1.82) is 0 Å². The van der Waals surface area contributed by atoms with Gasteiger partial charge in [-0.05, 0) is 37.1 Å². The fourth-order valence-electron chi connectivity index (χ4n) is 3.95. The minimum absolute atomic E-state index is 0.0431. The number of hydrogen-bond acceptors (Lipinski definition) is 3. The molecule has 1 N–H and O–H groups in total. The van der Waals surface area contributed by atoms with E-state index in [1.807, 2.05) is 83.8 Å². The predicted octanol–water partition coefficient (Wildman–Crippen LogP) is 5.42. The van der Waals surface area contributed by atoms with Crippen molar-refractivity contribution >= 4 is 11.6 Å². The molecule has 0 saturated heterocycles. The Morgan fingerprint density at radius 1 is 0.931 bits per heavy atom. The van der Waals surface area contributed by atoms with Gasteiger partial charge >= 0.3 is 0 Å². The van der Waals surface area contributed by atoms with Crippen LogP contribution in [0.2, 0.25) is 0 Å². The van der Waals surface area contributed by atoms with Gasteiger partial charge in [0, 0.05) is 17.8 Å².